The largest absolute Gasteiger partial charge is 0.478 e. The summed E-state index contributed by atoms with van der Waals surface area (Å²) in [6.45, 7) is 1.26. The van der Waals surface area contributed by atoms with E-state index in [0.717, 1.165) is 6.26 Å². The van der Waals surface area contributed by atoms with E-state index < -0.39 is 56.0 Å². The number of Topliss-reactive ketones (excluding diaryl/α,β-unsaturated/α-hetero) is 1. The van der Waals surface area contributed by atoms with Crippen LogP contribution in [-0.4, -0.2) is 48.4 Å². The van der Waals surface area contributed by atoms with E-state index >= 15 is 0 Å². The second kappa shape index (κ2) is 8.62. The van der Waals surface area contributed by atoms with Gasteiger partial charge in [0.2, 0.25) is 5.78 Å². The summed E-state index contributed by atoms with van der Waals surface area (Å²) in [4.78, 5) is 51.6. The number of benzene rings is 2. The van der Waals surface area contributed by atoms with Crippen molar-refractivity contribution < 1.29 is 42.2 Å². The molecule has 0 radical (unpaired) electrons. The van der Waals surface area contributed by atoms with Gasteiger partial charge in [-0.25, -0.2) is 18.0 Å². The van der Waals surface area contributed by atoms with Crippen LogP contribution in [0.1, 0.15) is 65.6 Å². The van der Waals surface area contributed by atoms with Gasteiger partial charge in [-0.05, 0) is 55.2 Å². The van der Waals surface area contributed by atoms with E-state index in [2.05, 4.69) is 0 Å². The van der Waals surface area contributed by atoms with E-state index in [4.69, 9.17) is 4.42 Å². The summed E-state index contributed by atoms with van der Waals surface area (Å²) >= 11 is 0. The van der Waals surface area contributed by atoms with Gasteiger partial charge >= 0.3 is 11.9 Å². The van der Waals surface area contributed by atoms with Gasteiger partial charge in [0.1, 0.15) is 0 Å². The maximum Gasteiger partial charge on any atom is 0.336 e. The minimum absolute atomic E-state index is 0.0287. The van der Waals surface area contributed by atoms with Crippen molar-refractivity contribution in [3.8, 4) is 11.1 Å². The summed E-state index contributed by atoms with van der Waals surface area (Å²) in [5, 5.41) is 20.1. The summed E-state index contributed by atoms with van der Waals surface area (Å²) in [5.74, 6) is -5.17. The number of aromatic carboxylic acids is 2. The van der Waals surface area contributed by atoms with Crippen LogP contribution < -0.4 is 0 Å². The predicted molar refractivity (Wildman–Crippen MR) is 123 cm³/mol. The van der Waals surface area contributed by atoms with Crippen LogP contribution in [0, 0.1) is 12.8 Å². The number of rotatable bonds is 8. The minimum Gasteiger partial charge on any atom is -0.478 e. The molecule has 4 rings (SSSR count). The molecule has 1 aliphatic carbocycles. The number of hydrogen-bond acceptors (Lipinski definition) is 7. The third-order valence-electron chi connectivity index (χ3n) is 5.92. The van der Waals surface area contributed by atoms with Gasteiger partial charge in [-0.1, -0.05) is 12.1 Å². The molecule has 1 saturated carbocycles. The van der Waals surface area contributed by atoms with Crippen molar-refractivity contribution in [1.29, 1.82) is 0 Å². The lowest BCUT2D eigenvalue weighted by molar-refractivity contribution is 0.0691. The molecule has 35 heavy (non-hydrogen) atoms. The Labute approximate surface area is 199 Å². The molecular formula is C25H20O9S. The predicted octanol–water partition coefficient (Wildman–Crippen LogP) is 3.88. The molecule has 0 unspecified atom stereocenters. The standard InChI is InChI=1S/C25H20O9S/c1-12-17(24(28)29)19(13-7-9-15(10-8-13)35(2,32)33)21(22(26)14-5-6-14)20(18(12)25(30)31)23(27)16-4-3-11-34-16/h3-4,7-11,14H,5-6H2,1-2H3,(H,28,29)(H,30,31). The van der Waals surface area contributed by atoms with Crippen molar-refractivity contribution >= 4 is 33.3 Å². The third-order valence-corrected chi connectivity index (χ3v) is 7.04. The van der Waals surface area contributed by atoms with Crippen LogP contribution in [0.5, 0.6) is 0 Å². The Morgan fingerprint density at radius 1 is 0.886 bits per heavy atom. The first-order valence-electron chi connectivity index (χ1n) is 10.5. The quantitative estimate of drug-likeness (QED) is 0.442. The molecule has 1 aromatic heterocycles. The highest BCUT2D eigenvalue weighted by atomic mass is 32.2. The molecule has 3 aromatic rings. The maximum atomic E-state index is 13.5. The van der Waals surface area contributed by atoms with Gasteiger partial charge in [-0.15, -0.1) is 0 Å². The third kappa shape index (κ3) is 4.28. The van der Waals surface area contributed by atoms with Crippen LogP contribution in [-0.2, 0) is 9.84 Å². The van der Waals surface area contributed by atoms with Gasteiger partial charge in [0.15, 0.2) is 21.4 Å². The smallest absolute Gasteiger partial charge is 0.336 e. The van der Waals surface area contributed by atoms with Crippen LogP contribution in [0.2, 0.25) is 0 Å². The van der Waals surface area contributed by atoms with Crippen LogP contribution in [0.25, 0.3) is 11.1 Å². The molecule has 1 heterocycles. The molecule has 0 atom stereocenters. The molecular weight excluding hydrogens is 476 g/mol. The fourth-order valence-corrected chi connectivity index (χ4v) is 4.75. The van der Waals surface area contributed by atoms with Crippen LogP contribution in [0.4, 0.5) is 0 Å². The Morgan fingerprint density at radius 3 is 1.94 bits per heavy atom. The molecule has 2 N–H and O–H groups in total. The fourth-order valence-electron chi connectivity index (χ4n) is 4.12. The molecule has 0 bridgehead atoms. The summed E-state index contributed by atoms with van der Waals surface area (Å²) in [6, 6.07) is 7.94. The first kappa shape index (κ1) is 24.1. The second-order valence-corrected chi connectivity index (χ2v) is 10.4. The highest BCUT2D eigenvalue weighted by Crippen LogP contribution is 2.42. The number of carboxylic acid groups (broad SMARTS) is 2. The topological polar surface area (TPSA) is 156 Å². The number of ketones is 2. The van der Waals surface area contributed by atoms with Crippen LogP contribution in [0.3, 0.4) is 0 Å². The SMILES string of the molecule is Cc1c(C(=O)O)c(C(=O)c2ccco2)c(C(=O)C2CC2)c(-c2ccc(S(C)(=O)=O)cc2)c1C(=O)O. The average Bonchev–Trinajstić information content (AvgIpc) is 3.50. The average molecular weight is 496 g/mol. The molecule has 9 nitrogen and oxygen atoms in total. The number of hydrogen-bond donors (Lipinski definition) is 2. The van der Waals surface area contributed by atoms with E-state index in [1.54, 1.807) is 0 Å². The normalized spacial score (nSPS) is 13.4. The van der Waals surface area contributed by atoms with Crippen molar-refractivity contribution in [3.63, 3.8) is 0 Å². The van der Waals surface area contributed by atoms with Crippen LogP contribution in [0.15, 0.2) is 52.0 Å². The lowest BCUT2D eigenvalue weighted by atomic mass is 9.80. The van der Waals surface area contributed by atoms with Gasteiger partial charge in [0.05, 0.1) is 27.8 Å². The van der Waals surface area contributed by atoms with Crippen molar-refractivity contribution in [1.82, 2.24) is 0 Å². The van der Waals surface area contributed by atoms with E-state index in [9.17, 15) is 37.8 Å². The highest BCUT2D eigenvalue weighted by molar-refractivity contribution is 7.90. The molecule has 1 aliphatic rings. The Hall–Kier alpha value is -4.05. The van der Waals surface area contributed by atoms with E-state index in [1.165, 1.54) is 49.6 Å². The Kier molecular flexibility index (Phi) is 5.93. The first-order chi connectivity index (χ1) is 16.4. The van der Waals surface area contributed by atoms with Crippen LogP contribution >= 0.6 is 0 Å². The number of sulfone groups is 1. The van der Waals surface area contributed by atoms with Crippen molar-refractivity contribution in [2.45, 2.75) is 24.7 Å². The zero-order chi connectivity index (χ0) is 25.7. The highest BCUT2D eigenvalue weighted by Gasteiger charge is 2.40. The molecule has 180 valence electrons. The zero-order valence-electron chi connectivity index (χ0n) is 18.7. The summed E-state index contributed by atoms with van der Waals surface area (Å²) in [7, 11) is -3.56. The fraction of sp³-hybridized carbons (Fsp3) is 0.200. The molecule has 0 amide bonds. The van der Waals surface area contributed by atoms with Crippen molar-refractivity contribution in [2.75, 3.05) is 6.26 Å². The van der Waals surface area contributed by atoms with Gasteiger partial charge in [-0.3, -0.25) is 9.59 Å². The summed E-state index contributed by atoms with van der Waals surface area (Å²) < 4.78 is 29.0. The number of carboxylic acids is 2. The summed E-state index contributed by atoms with van der Waals surface area (Å²) in [5.41, 5.74) is -2.00. The van der Waals surface area contributed by atoms with Gasteiger partial charge in [0.25, 0.3) is 0 Å². The Morgan fingerprint density at radius 2 is 1.49 bits per heavy atom. The molecule has 2 aromatic carbocycles. The van der Waals surface area contributed by atoms with Gasteiger partial charge in [0, 0.05) is 23.3 Å². The number of carbonyl (C=O) groups is 4. The summed E-state index contributed by atoms with van der Waals surface area (Å²) in [6.07, 6.45) is 3.26. The van der Waals surface area contributed by atoms with Gasteiger partial charge < -0.3 is 14.6 Å². The number of carbonyl (C=O) groups excluding carboxylic acids is 2. The lowest BCUT2D eigenvalue weighted by Gasteiger charge is -2.21. The van der Waals surface area contributed by atoms with Crippen molar-refractivity contribution in [3.05, 3.63) is 76.2 Å². The number of furan rings is 1. The molecule has 0 spiro atoms. The molecule has 0 aliphatic heterocycles. The lowest BCUT2D eigenvalue weighted by Crippen LogP contribution is -2.23. The van der Waals surface area contributed by atoms with E-state index in [1.807, 2.05) is 0 Å². The second-order valence-electron chi connectivity index (χ2n) is 8.35. The Bertz CT molecular complexity index is 1490. The van der Waals surface area contributed by atoms with E-state index in [0.29, 0.717) is 12.8 Å². The van der Waals surface area contributed by atoms with E-state index in [-0.39, 0.29) is 32.9 Å². The first-order valence-corrected chi connectivity index (χ1v) is 12.4. The molecule has 10 heteroatoms. The minimum atomic E-state index is -3.56. The van der Waals surface area contributed by atoms with Gasteiger partial charge in [-0.2, -0.15) is 0 Å². The Balaban J connectivity index is 2.17. The molecule has 0 saturated heterocycles. The monoisotopic (exact) mass is 496 g/mol. The van der Waals surface area contributed by atoms with Crippen molar-refractivity contribution in [2.24, 2.45) is 5.92 Å². The molecule has 1 fully saturated rings. The zero-order valence-corrected chi connectivity index (χ0v) is 19.5. The maximum absolute atomic E-state index is 13.5.